The molecular formula is C75H100. The standard InChI is InChI=1S/5C13H12.10CH4/c5*1-11-7-5-6-10-13(11)12-8-3-2-4-9-12;;;;;;;;;;/h5*2-10H,1H3;10*1H4. The van der Waals surface area contributed by atoms with Gasteiger partial charge in [-0.1, -0.05) is 347 Å². The summed E-state index contributed by atoms with van der Waals surface area (Å²) in [5, 5.41) is 0. The molecule has 0 radical (unpaired) electrons. The Morgan fingerprint density at radius 2 is 0.240 bits per heavy atom. The molecule has 0 atom stereocenters. The highest BCUT2D eigenvalue weighted by Gasteiger charge is 2.02. The Labute approximate surface area is 463 Å². The highest BCUT2D eigenvalue weighted by molar-refractivity contribution is 5.70. The minimum absolute atomic E-state index is 0. The summed E-state index contributed by atoms with van der Waals surface area (Å²) in [6, 6.07) is 94.6. The van der Waals surface area contributed by atoms with Crippen LogP contribution in [0, 0.1) is 34.6 Å². The molecular weight excluding hydrogens is 901 g/mol. The van der Waals surface area contributed by atoms with Crippen LogP contribution in [0.2, 0.25) is 0 Å². The smallest absolute Gasteiger partial charge is 0.0155 e. The fourth-order valence-electron chi connectivity index (χ4n) is 7.57. The van der Waals surface area contributed by atoms with Crippen molar-refractivity contribution in [3.05, 3.63) is 301 Å². The molecule has 0 aromatic heterocycles. The number of aryl methyl sites for hydroxylation is 5. The molecule has 10 aromatic rings. The monoisotopic (exact) mass is 1000 g/mol. The van der Waals surface area contributed by atoms with Crippen molar-refractivity contribution in [2.75, 3.05) is 0 Å². The average Bonchev–Trinajstić information content (AvgIpc) is 3.37. The summed E-state index contributed by atoms with van der Waals surface area (Å²) >= 11 is 0. The SMILES string of the molecule is C.C.C.C.C.C.C.C.C.C.Cc1ccccc1-c1ccccc1.Cc1ccccc1-c1ccccc1.Cc1ccccc1-c1ccccc1.Cc1ccccc1-c1ccccc1.Cc1ccccc1-c1ccccc1. The van der Waals surface area contributed by atoms with Gasteiger partial charge >= 0.3 is 0 Å². The lowest BCUT2D eigenvalue weighted by molar-refractivity contribution is 1.46. The number of benzene rings is 10. The van der Waals surface area contributed by atoms with E-state index in [1.807, 2.05) is 30.3 Å². The molecule has 0 nitrogen and oxygen atoms in total. The molecule has 400 valence electrons. The third-order valence-electron chi connectivity index (χ3n) is 11.1. The topological polar surface area (TPSA) is 0 Å². The van der Waals surface area contributed by atoms with E-state index in [0.29, 0.717) is 0 Å². The van der Waals surface area contributed by atoms with E-state index in [1.165, 1.54) is 83.5 Å². The Morgan fingerprint density at radius 3 is 0.360 bits per heavy atom. The maximum absolute atomic E-state index is 2.16. The summed E-state index contributed by atoms with van der Waals surface area (Å²) in [5.41, 5.74) is 19.7. The van der Waals surface area contributed by atoms with Crippen molar-refractivity contribution >= 4 is 0 Å². The van der Waals surface area contributed by atoms with Gasteiger partial charge in [0.2, 0.25) is 0 Å². The Hall–Kier alpha value is -7.80. The molecule has 0 heteroatoms. The summed E-state index contributed by atoms with van der Waals surface area (Å²) in [4.78, 5) is 0. The Bertz CT molecular complexity index is 2410. The van der Waals surface area contributed by atoms with Crippen molar-refractivity contribution in [1.82, 2.24) is 0 Å². The van der Waals surface area contributed by atoms with Gasteiger partial charge in [-0.15, -0.1) is 0 Å². The third-order valence-corrected chi connectivity index (χ3v) is 11.1. The quantitative estimate of drug-likeness (QED) is 0.161. The lowest BCUT2D eigenvalue weighted by Gasteiger charge is -2.04. The number of rotatable bonds is 5. The van der Waals surface area contributed by atoms with Gasteiger partial charge in [0.1, 0.15) is 0 Å². The van der Waals surface area contributed by atoms with E-state index < -0.39 is 0 Å². The van der Waals surface area contributed by atoms with Crippen LogP contribution in [-0.2, 0) is 0 Å². The van der Waals surface area contributed by atoms with E-state index in [1.54, 1.807) is 0 Å². The van der Waals surface area contributed by atoms with Crippen LogP contribution in [0.25, 0.3) is 55.6 Å². The zero-order valence-electron chi connectivity index (χ0n) is 38.5. The van der Waals surface area contributed by atoms with Crippen LogP contribution in [-0.4, -0.2) is 0 Å². The van der Waals surface area contributed by atoms with Crippen LogP contribution < -0.4 is 0 Å². The fraction of sp³-hybridized carbons (Fsp3) is 0.200. The number of hydrogen-bond acceptors (Lipinski definition) is 0. The lowest BCUT2D eigenvalue weighted by Crippen LogP contribution is -1.80. The zero-order chi connectivity index (χ0) is 45.5. The molecule has 0 unspecified atom stereocenters. The summed E-state index contributed by atoms with van der Waals surface area (Å²) in [7, 11) is 0. The Balaban J connectivity index is -0.000000263. The van der Waals surface area contributed by atoms with Crippen molar-refractivity contribution in [3.63, 3.8) is 0 Å². The van der Waals surface area contributed by atoms with Crippen molar-refractivity contribution in [2.45, 2.75) is 109 Å². The van der Waals surface area contributed by atoms with E-state index >= 15 is 0 Å². The Morgan fingerprint density at radius 1 is 0.133 bits per heavy atom. The zero-order valence-corrected chi connectivity index (χ0v) is 38.5. The maximum Gasteiger partial charge on any atom is -0.0155 e. The second-order valence-corrected chi connectivity index (χ2v) is 15.9. The van der Waals surface area contributed by atoms with Gasteiger partial charge in [0.25, 0.3) is 0 Å². The minimum atomic E-state index is 0. The van der Waals surface area contributed by atoms with Crippen LogP contribution in [0.1, 0.15) is 102 Å². The van der Waals surface area contributed by atoms with Gasteiger partial charge in [0.05, 0.1) is 0 Å². The fourth-order valence-corrected chi connectivity index (χ4v) is 7.57. The van der Waals surface area contributed by atoms with Gasteiger partial charge in [-0.2, -0.15) is 0 Å². The van der Waals surface area contributed by atoms with Gasteiger partial charge < -0.3 is 0 Å². The lowest BCUT2D eigenvalue weighted by atomic mass is 10.0. The van der Waals surface area contributed by atoms with Crippen LogP contribution in [0.4, 0.5) is 0 Å². The third kappa shape index (κ3) is 23.7. The summed E-state index contributed by atoms with van der Waals surface area (Å²) in [6.45, 7) is 10.7. The van der Waals surface area contributed by atoms with Gasteiger partial charge in [0.15, 0.2) is 0 Å². The first-order valence-corrected chi connectivity index (χ1v) is 22.4. The molecule has 10 aromatic carbocycles. The molecule has 75 heavy (non-hydrogen) atoms. The predicted molar refractivity (Wildman–Crippen MR) is 350 cm³/mol. The van der Waals surface area contributed by atoms with Crippen molar-refractivity contribution in [2.24, 2.45) is 0 Å². The molecule has 0 N–H and O–H groups in total. The molecule has 0 fully saturated rings. The van der Waals surface area contributed by atoms with E-state index in [0.717, 1.165) is 0 Å². The highest BCUT2D eigenvalue weighted by atomic mass is 14.1. The minimum Gasteiger partial charge on any atom is -0.0776 e. The van der Waals surface area contributed by atoms with Crippen LogP contribution in [0.15, 0.2) is 273 Å². The first kappa shape index (κ1) is 76.1. The van der Waals surface area contributed by atoms with Crippen molar-refractivity contribution in [1.29, 1.82) is 0 Å². The van der Waals surface area contributed by atoms with E-state index in [4.69, 9.17) is 0 Å². The maximum atomic E-state index is 2.16. The van der Waals surface area contributed by atoms with Gasteiger partial charge in [-0.25, -0.2) is 0 Å². The van der Waals surface area contributed by atoms with Crippen LogP contribution in [0.3, 0.4) is 0 Å². The molecule has 0 aliphatic heterocycles. The largest absolute Gasteiger partial charge is 0.0776 e. The Kier molecular flexibility index (Phi) is 42.3. The van der Waals surface area contributed by atoms with Crippen molar-refractivity contribution in [3.8, 4) is 55.6 Å². The summed E-state index contributed by atoms with van der Waals surface area (Å²) in [5.74, 6) is 0. The van der Waals surface area contributed by atoms with E-state index in [2.05, 4.69) is 277 Å². The van der Waals surface area contributed by atoms with Crippen molar-refractivity contribution < 1.29 is 0 Å². The molecule has 10 rings (SSSR count). The van der Waals surface area contributed by atoms with Gasteiger partial charge in [0, 0.05) is 0 Å². The molecule has 0 saturated heterocycles. The molecule has 0 saturated carbocycles. The second kappa shape index (κ2) is 41.6. The van der Waals surface area contributed by atoms with E-state index in [9.17, 15) is 0 Å². The van der Waals surface area contributed by atoms with Crippen LogP contribution in [0.5, 0.6) is 0 Å². The summed E-state index contributed by atoms with van der Waals surface area (Å²) in [6.07, 6.45) is 0. The summed E-state index contributed by atoms with van der Waals surface area (Å²) < 4.78 is 0. The van der Waals surface area contributed by atoms with E-state index in [-0.39, 0.29) is 74.3 Å². The predicted octanol–water partition coefficient (Wildman–Crippen LogP) is 24.7. The highest BCUT2D eigenvalue weighted by Crippen LogP contribution is 2.26. The molecule has 0 heterocycles. The average molecular weight is 1000 g/mol. The van der Waals surface area contributed by atoms with Gasteiger partial charge in [-0.05, 0) is 118 Å². The normalized spacial score (nSPS) is 8.60. The number of hydrogen-bond donors (Lipinski definition) is 0. The van der Waals surface area contributed by atoms with Gasteiger partial charge in [-0.3, -0.25) is 0 Å². The second-order valence-electron chi connectivity index (χ2n) is 15.9. The molecule has 0 spiro atoms. The molecule has 0 amide bonds. The first-order valence-electron chi connectivity index (χ1n) is 22.4. The molecule has 0 aliphatic rings. The first-order chi connectivity index (χ1) is 31.9. The molecule has 0 aliphatic carbocycles. The molecule has 0 bridgehead atoms. The van der Waals surface area contributed by atoms with Crippen LogP contribution >= 0.6 is 0 Å².